The van der Waals surface area contributed by atoms with Crippen LogP contribution in [-0.4, -0.2) is 22.4 Å². The van der Waals surface area contributed by atoms with Crippen molar-refractivity contribution in [3.05, 3.63) is 51.3 Å². The maximum Gasteiger partial charge on any atom is 0.359 e. The first kappa shape index (κ1) is 15.2. The summed E-state index contributed by atoms with van der Waals surface area (Å²) in [6, 6.07) is 7.31. The zero-order valence-corrected chi connectivity index (χ0v) is 13.5. The summed E-state index contributed by atoms with van der Waals surface area (Å²) >= 11 is 1.21. The molecule has 2 aromatic heterocycles. The second kappa shape index (κ2) is 5.85. The number of aryl methyl sites for hydroxylation is 1. The number of anilines is 1. The average Bonchev–Trinajstić information content (AvgIpc) is 2.90. The predicted molar refractivity (Wildman–Crippen MR) is 90.3 cm³/mol. The summed E-state index contributed by atoms with van der Waals surface area (Å²) in [7, 11) is 0. The molecule has 2 heterocycles. The summed E-state index contributed by atoms with van der Waals surface area (Å²) in [4.78, 5) is 24.9. The van der Waals surface area contributed by atoms with Gasteiger partial charge in [-0.2, -0.15) is 9.78 Å². The number of carbonyl (C=O) groups excluding carboxylic acids is 1. The topological polar surface area (TPSA) is 87.2 Å². The van der Waals surface area contributed by atoms with Crippen molar-refractivity contribution in [3.8, 4) is 5.69 Å². The highest BCUT2D eigenvalue weighted by atomic mass is 32.1. The smallest absolute Gasteiger partial charge is 0.359 e. The molecule has 0 radical (unpaired) electrons. The van der Waals surface area contributed by atoms with Gasteiger partial charge in [-0.1, -0.05) is 12.1 Å². The van der Waals surface area contributed by atoms with Crippen LogP contribution in [0, 0.1) is 6.92 Å². The number of aromatic nitrogens is 2. The van der Waals surface area contributed by atoms with Gasteiger partial charge in [0.2, 0.25) is 0 Å². The van der Waals surface area contributed by atoms with E-state index in [1.54, 1.807) is 18.4 Å². The highest BCUT2D eigenvalue weighted by molar-refractivity contribution is 7.15. The quantitative estimate of drug-likeness (QED) is 0.746. The Balaban J connectivity index is 2.35. The molecule has 1 aromatic carbocycles. The van der Waals surface area contributed by atoms with Gasteiger partial charge in [-0.3, -0.25) is 4.79 Å². The van der Waals surface area contributed by atoms with Gasteiger partial charge >= 0.3 is 5.97 Å². The number of esters is 1. The zero-order chi connectivity index (χ0) is 16.6. The number of nitrogens with zero attached hydrogens (tertiary/aromatic N) is 2. The largest absolute Gasteiger partial charge is 0.461 e. The van der Waals surface area contributed by atoms with Gasteiger partial charge in [0.15, 0.2) is 5.69 Å². The van der Waals surface area contributed by atoms with Gasteiger partial charge < -0.3 is 10.5 Å². The van der Waals surface area contributed by atoms with Gasteiger partial charge in [0.25, 0.3) is 5.56 Å². The van der Waals surface area contributed by atoms with E-state index >= 15 is 0 Å². The molecular weight excluding hydrogens is 314 g/mol. The molecule has 0 atom stereocenters. The summed E-state index contributed by atoms with van der Waals surface area (Å²) in [6.07, 6.45) is 0. The van der Waals surface area contributed by atoms with E-state index in [-0.39, 0.29) is 17.9 Å². The molecule has 0 saturated heterocycles. The summed E-state index contributed by atoms with van der Waals surface area (Å²) in [5, 5.41) is 6.97. The van der Waals surface area contributed by atoms with Crippen LogP contribution >= 0.6 is 11.3 Å². The lowest BCUT2D eigenvalue weighted by molar-refractivity contribution is 0.0520. The van der Waals surface area contributed by atoms with Gasteiger partial charge in [-0.15, -0.1) is 11.3 Å². The number of fused-ring (bicyclic) bond motifs is 1. The van der Waals surface area contributed by atoms with Crippen LogP contribution in [0.4, 0.5) is 5.00 Å². The van der Waals surface area contributed by atoms with Gasteiger partial charge in [-0.05, 0) is 31.5 Å². The van der Waals surface area contributed by atoms with Crippen LogP contribution < -0.4 is 11.3 Å². The van der Waals surface area contributed by atoms with Crippen LogP contribution in [0.15, 0.2) is 34.4 Å². The number of hydrogen-bond acceptors (Lipinski definition) is 6. The zero-order valence-electron chi connectivity index (χ0n) is 12.7. The minimum atomic E-state index is -0.572. The van der Waals surface area contributed by atoms with Crippen LogP contribution in [0.3, 0.4) is 0 Å². The van der Waals surface area contributed by atoms with Crippen molar-refractivity contribution in [3.63, 3.8) is 0 Å². The van der Waals surface area contributed by atoms with Crippen LogP contribution in [0.25, 0.3) is 16.5 Å². The van der Waals surface area contributed by atoms with E-state index < -0.39 is 5.97 Å². The maximum absolute atomic E-state index is 12.7. The molecule has 0 bridgehead atoms. The number of ether oxygens (including phenoxy) is 1. The fraction of sp³-hybridized carbons (Fsp3) is 0.188. The van der Waals surface area contributed by atoms with Crippen LogP contribution in [0.5, 0.6) is 0 Å². The molecule has 0 aliphatic carbocycles. The standard InChI is InChI=1S/C16H15N3O3S/c1-3-22-16(21)13-11-8-23-14(17)12(11)15(20)19(18-13)10-6-4-5-9(2)7-10/h4-8H,3,17H2,1-2H3. The number of thiophene rings is 1. The van der Waals surface area contributed by atoms with Gasteiger partial charge in [-0.25, -0.2) is 4.79 Å². The molecule has 6 nitrogen and oxygen atoms in total. The number of nitrogens with two attached hydrogens (primary N) is 1. The van der Waals surface area contributed by atoms with E-state index in [2.05, 4.69) is 5.10 Å². The Kier molecular flexibility index (Phi) is 3.87. The Hall–Kier alpha value is -2.67. The minimum Gasteiger partial charge on any atom is -0.461 e. The Morgan fingerprint density at radius 2 is 2.22 bits per heavy atom. The summed E-state index contributed by atoms with van der Waals surface area (Å²) in [5.41, 5.74) is 7.22. The number of hydrogen-bond donors (Lipinski definition) is 1. The number of benzene rings is 1. The molecule has 2 N–H and O–H groups in total. The molecule has 0 amide bonds. The molecule has 3 aromatic rings. The van der Waals surface area contributed by atoms with Crippen molar-refractivity contribution in [2.75, 3.05) is 12.3 Å². The van der Waals surface area contributed by atoms with E-state index in [0.29, 0.717) is 21.5 Å². The fourth-order valence-electron chi connectivity index (χ4n) is 2.36. The first-order chi connectivity index (χ1) is 11.0. The SMILES string of the molecule is CCOC(=O)c1nn(-c2cccc(C)c2)c(=O)c2c(N)scc12. The molecule has 0 saturated carbocycles. The van der Waals surface area contributed by atoms with Crippen molar-refractivity contribution < 1.29 is 9.53 Å². The molecule has 3 rings (SSSR count). The van der Waals surface area contributed by atoms with E-state index in [4.69, 9.17) is 10.5 Å². The number of rotatable bonds is 3. The summed E-state index contributed by atoms with van der Waals surface area (Å²) in [6.45, 7) is 3.86. The van der Waals surface area contributed by atoms with Crippen molar-refractivity contribution in [1.29, 1.82) is 0 Å². The highest BCUT2D eigenvalue weighted by Crippen LogP contribution is 2.27. The van der Waals surface area contributed by atoms with Gasteiger partial charge in [0, 0.05) is 10.8 Å². The van der Waals surface area contributed by atoms with Crippen molar-refractivity contribution in [2.45, 2.75) is 13.8 Å². The van der Waals surface area contributed by atoms with E-state index in [1.807, 2.05) is 25.1 Å². The molecule has 0 unspecified atom stereocenters. The normalized spacial score (nSPS) is 10.9. The lowest BCUT2D eigenvalue weighted by atomic mass is 10.2. The molecule has 118 valence electrons. The third kappa shape index (κ3) is 2.59. The molecule has 0 spiro atoms. The van der Waals surface area contributed by atoms with Crippen LogP contribution in [-0.2, 0) is 4.74 Å². The van der Waals surface area contributed by atoms with Crippen molar-refractivity contribution in [2.24, 2.45) is 0 Å². The molecule has 0 fully saturated rings. The average molecular weight is 329 g/mol. The van der Waals surface area contributed by atoms with E-state index in [9.17, 15) is 9.59 Å². The maximum atomic E-state index is 12.7. The Labute approximate surface area is 136 Å². The third-order valence-corrected chi connectivity index (χ3v) is 4.21. The first-order valence-electron chi connectivity index (χ1n) is 7.07. The molecule has 23 heavy (non-hydrogen) atoms. The Morgan fingerprint density at radius 3 is 2.91 bits per heavy atom. The second-order valence-electron chi connectivity index (χ2n) is 5.01. The van der Waals surface area contributed by atoms with Crippen LogP contribution in [0.2, 0.25) is 0 Å². The van der Waals surface area contributed by atoms with Crippen molar-refractivity contribution >= 4 is 33.1 Å². The van der Waals surface area contributed by atoms with E-state index in [0.717, 1.165) is 5.56 Å². The van der Waals surface area contributed by atoms with Crippen LogP contribution in [0.1, 0.15) is 23.0 Å². The van der Waals surface area contributed by atoms with Gasteiger partial charge in [0.1, 0.15) is 0 Å². The third-order valence-electron chi connectivity index (χ3n) is 3.40. The summed E-state index contributed by atoms with van der Waals surface area (Å²) < 4.78 is 6.25. The second-order valence-corrected chi connectivity index (χ2v) is 5.92. The lowest BCUT2D eigenvalue weighted by Gasteiger charge is -2.09. The summed E-state index contributed by atoms with van der Waals surface area (Å²) in [5.74, 6) is -0.572. The van der Waals surface area contributed by atoms with E-state index in [1.165, 1.54) is 16.0 Å². The predicted octanol–water partition coefficient (Wildman–Crippen LogP) is 2.51. The first-order valence-corrected chi connectivity index (χ1v) is 7.95. The monoisotopic (exact) mass is 329 g/mol. The number of nitrogen functional groups attached to an aromatic ring is 1. The molecule has 7 heteroatoms. The lowest BCUT2D eigenvalue weighted by Crippen LogP contribution is -2.25. The molecule has 0 aliphatic heterocycles. The fourth-order valence-corrected chi connectivity index (χ4v) is 3.15. The van der Waals surface area contributed by atoms with Crippen molar-refractivity contribution in [1.82, 2.24) is 9.78 Å². The molecular formula is C16H15N3O3S. The Bertz CT molecular complexity index is 959. The number of carbonyl (C=O) groups is 1. The highest BCUT2D eigenvalue weighted by Gasteiger charge is 2.21. The molecule has 0 aliphatic rings. The minimum absolute atomic E-state index is 0.0934. The Morgan fingerprint density at radius 1 is 1.43 bits per heavy atom. The van der Waals surface area contributed by atoms with Gasteiger partial charge in [0.05, 0.1) is 22.7 Å².